The lowest BCUT2D eigenvalue weighted by molar-refractivity contribution is -0.141. The monoisotopic (exact) mass is 334 g/mol. The summed E-state index contributed by atoms with van der Waals surface area (Å²) in [4.78, 5) is 29.1. The number of hydrogen-bond acceptors (Lipinski definition) is 4. The van der Waals surface area contributed by atoms with Gasteiger partial charge in [-0.3, -0.25) is 9.59 Å². The number of aliphatic carboxylic acids is 1. The second kappa shape index (κ2) is 6.45. The molecule has 1 aromatic heterocycles. The van der Waals surface area contributed by atoms with Crippen molar-refractivity contribution in [3.8, 4) is 10.6 Å². The van der Waals surface area contributed by atoms with Gasteiger partial charge in [0.1, 0.15) is 10.8 Å². The normalized spacial score (nSPS) is 17.4. The van der Waals surface area contributed by atoms with Crippen LogP contribution in [0.2, 0.25) is 0 Å². The molecule has 2 aromatic rings. The van der Waals surface area contributed by atoms with Crippen molar-refractivity contribution >= 4 is 23.2 Å². The highest BCUT2D eigenvalue weighted by Gasteiger charge is 2.30. The minimum atomic E-state index is -0.859. The molecule has 1 amide bonds. The number of carboxylic acid groups (broad SMARTS) is 1. The number of rotatable bonds is 4. The number of nitrogens with zero attached hydrogens (tertiary/aromatic N) is 2. The molecule has 0 spiro atoms. The fourth-order valence-electron chi connectivity index (χ4n) is 2.60. The average molecular weight is 334 g/mol. The van der Waals surface area contributed by atoms with E-state index in [1.54, 1.807) is 22.4 Å². The minimum Gasteiger partial charge on any atom is -0.481 e. The number of carboxylic acids is 1. The Kier molecular flexibility index (Phi) is 4.38. The molecule has 120 valence electrons. The number of carbonyl (C=O) groups is 2. The van der Waals surface area contributed by atoms with Crippen LogP contribution in [0.3, 0.4) is 0 Å². The fourth-order valence-corrected chi connectivity index (χ4v) is 3.41. The molecule has 0 saturated carbocycles. The third-order valence-corrected chi connectivity index (χ3v) is 4.79. The first-order valence-corrected chi connectivity index (χ1v) is 8.12. The fraction of sp³-hybridized carbons (Fsp3) is 0.312. The Bertz CT molecular complexity index is 746. The Labute approximate surface area is 136 Å². The Morgan fingerprint density at radius 1 is 1.43 bits per heavy atom. The topological polar surface area (TPSA) is 70.5 Å². The summed E-state index contributed by atoms with van der Waals surface area (Å²) in [6.45, 7) is 0.728. The predicted octanol–water partition coefficient (Wildman–Crippen LogP) is 2.42. The number of thiazole rings is 1. The van der Waals surface area contributed by atoms with Crippen molar-refractivity contribution in [1.82, 2.24) is 9.88 Å². The lowest BCUT2D eigenvalue weighted by Gasteiger charge is -2.14. The summed E-state index contributed by atoms with van der Waals surface area (Å²) in [5.74, 6) is -1.78. The Morgan fingerprint density at radius 2 is 2.26 bits per heavy atom. The van der Waals surface area contributed by atoms with Crippen LogP contribution in [0.1, 0.15) is 12.1 Å². The smallest absolute Gasteiger partial charge is 0.308 e. The predicted molar refractivity (Wildman–Crippen MR) is 83.5 cm³/mol. The summed E-state index contributed by atoms with van der Waals surface area (Å²) in [6.07, 6.45) is 0.630. The molecule has 1 aromatic carbocycles. The number of halogens is 1. The molecular weight excluding hydrogens is 319 g/mol. The van der Waals surface area contributed by atoms with E-state index >= 15 is 0 Å². The van der Waals surface area contributed by atoms with Crippen molar-refractivity contribution in [3.05, 3.63) is 41.2 Å². The van der Waals surface area contributed by atoms with Crippen LogP contribution in [-0.4, -0.2) is 40.0 Å². The molecule has 1 N–H and O–H groups in total. The van der Waals surface area contributed by atoms with Crippen molar-refractivity contribution in [3.63, 3.8) is 0 Å². The number of aromatic nitrogens is 1. The first kappa shape index (κ1) is 15.6. The highest BCUT2D eigenvalue weighted by atomic mass is 32.1. The van der Waals surface area contributed by atoms with Gasteiger partial charge >= 0.3 is 5.97 Å². The SMILES string of the molecule is O=C(O)C1CCN(C(=O)Cc2csc(-c3cccc(F)c3)n2)C1. The molecule has 1 saturated heterocycles. The molecule has 23 heavy (non-hydrogen) atoms. The summed E-state index contributed by atoms with van der Waals surface area (Å²) in [6, 6.07) is 6.16. The minimum absolute atomic E-state index is 0.121. The molecule has 1 aliphatic heterocycles. The van der Waals surface area contributed by atoms with Gasteiger partial charge in [-0.05, 0) is 18.6 Å². The van der Waals surface area contributed by atoms with Crippen LogP contribution in [0, 0.1) is 11.7 Å². The van der Waals surface area contributed by atoms with Crippen molar-refractivity contribution in [2.45, 2.75) is 12.8 Å². The quantitative estimate of drug-likeness (QED) is 0.932. The number of amides is 1. The molecule has 0 radical (unpaired) electrons. The van der Waals surface area contributed by atoms with Crippen LogP contribution in [0.5, 0.6) is 0 Å². The first-order valence-electron chi connectivity index (χ1n) is 7.24. The summed E-state index contributed by atoms with van der Waals surface area (Å²) >= 11 is 1.36. The lowest BCUT2D eigenvalue weighted by atomic mass is 10.1. The van der Waals surface area contributed by atoms with Gasteiger partial charge in [-0.2, -0.15) is 0 Å². The van der Waals surface area contributed by atoms with Gasteiger partial charge in [0.05, 0.1) is 18.0 Å². The molecule has 7 heteroatoms. The maximum atomic E-state index is 13.2. The van der Waals surface area contributed by atoms with Crippen LogP contribution in [0.4, 0.5) is 4.39 Å². The molecule has 2 heterocycles. The van der Waals surface area contributed by atoms with E-state index in [-0.39, 0.29) is 24.7 Å². The standard InChI is InChI=1S/C16H15FN2O3S/c17-12-3-1-2-10(6-12)15-18-13(9-23-15)7-14(20)19-5-4-11(8-19)16(21)22/h1-3,6,9,11H,4-5,7-8H2,(H,21,22). The van der Waals surface area contributed by atoms with Crippen LogP contribution >= 0.6 is 11.3 Å². The first-order chi connectivity index (χ1) is 11.0. The Morgan fingerprint density at radius 3 is 2.96 bits per heavy atom. The summed E-state index contributed by atoms with van der Waals surface area (Å²) in [7, 11) is 0. The van der Waals surface area contributed by atoms with Crippen molar-refractivity contribution in [2.24, 2.45) is 5.92 Å². The van der Waals surface area contributed by atoms with Crippen LogP contribution in [-0.2, 0) is 16.0 Å². The summed E-state index contributed by atoms with van der Waals surface area (Å²) < 4.78 is 13.2. The molecule has 1 aliphatic rings. The van der Waals surface area contributed by atoms with Crippen LogP contribution < -0.4 is 0 Å². The van der Waals surface area contributed by atoms with Gasteiger partial charge in [-0.1, -0.05) is 12.1 Å². The third-order valence-electron chi connectivity index (χ3n) is 3.85. The van der Waals surface area contributed by atoms with E-state index in [0.717, 1.165) is 0 Å². The molecule has 3 rings (SSSR count). The van der Waals surface area contributed by atoms with Gasteiger partial charge in [0.15, 0.2) is 0 Å². The molecular formula is C16H15FN2O3S. The number of likely N-dealkylation sites (tertiary alicyclic amines) is 1. The van der Waals surface area contributed by atoms with Crippen molar-refractivity contribution < 1.29 is 19.1 Å². The van der Waals surface area contributed by atoms with E-state index in [2.05, 4.69) is 4.98 Å². The molecule has 5 nitrogen and oxygen atoms in total. The second-order valence-corrected chi connectivity index (χ2v) is 6.35. The van der Waals surface area contributed by atoms with E-state index in [1.165, 1.54) is 23.5 Å². The number of benzene rings is 1. The molecule has 1 unspecified atom stereocenters. The van der Waals surface area contributed by atoms with Gasteiger partial charge in [0, 0.05) is 24.0 Å². The maximum absolute atomic E-state index is 13.2. The molecule has 1 fully saturated rings. The number of carbonyl (C=O) groups excluding carboxylic acids is 1. The van der Waals surface area contributed by atoms with Crippen LogP contribution in [0.15, 0.2) is 29.6 Å². The molecule has 1 atom stereocenters. The van der Waals surface area contributed by atoms with Gasteiger partial charge < -0.3 is 10.0 Å². The zero-order chi connectivity index (χ0) is 16.4. The zero-order valence-electron chi connectivity index (χ0n) is 12.2. The maximum Gasteiger partial charge on any atom is 0.308 e. The van der Waals surface area contributed by atoms with Gasteiger partial charge in [-0.15, -0.1) is 11.3 Å². The van der Waals surface area contributed by atoms with Gasteiger partial charge in [-0.25, -0.2) is 9.37 Å². The van der Waals surface area contributed by atoms with E-state index in [0.29, 0.717) is 29.2 Å². The Hall–Kier alpha value is -2.28. The van der Waals surface area contributed by atoms with E-state index in [9.17, 15) is 14.0 Å². The largest absolute Gasteiger partial charge is 0.481 e. The lowest BCUT2D eigenvalue weighted by Crippen LogP contribution is -2.31. The van der Waals surface area contributed by atoms with Crippen LogP contribution in [0.25, 0.3) is 10.6 Å². The van der Waals surface area contributed by atoms with Crippen molar-refractivity contribution in [1.29, 1.82) is 0 Å². The third kappa shape index (κ3) is 3.56. The van der Waals surface area contributed by atoms with Gasteiger partial charge in [0.2, 0.25) is 5.91 Å². The number of hydrogen-bond donors (Lipinski definition) is 1. The van der Waals surface area contributed by atoms with E-state index in [1.807, 2.05) is 0 Å². The van der Waals surface area contributed by atoms with E-state index in [4.69, 9.17) is 5.11 Å². The molecule has 0 bridgehead atoms. The van der Waals surface area contributed by atoms with Crippen molar-refractivity contribution in [2.75, 3.05) is 13.1 Å². The zero-order valence-corrected chi connectivity index (χ0v) is 13.1. The summed E-state index contributed by atoms with van der Waals surface area (Å²) in [5, 5.41) is 11.4. The summed E-state index contributed by atoms with van der Waals surface area (Å²) in [5.41, 5.74) is 1.30. The highest BCUT2D eigenvalue weighted by molar-refractivity contribution is 7.13. The average Bonchev–Trinajstić information content (AvgIpc) is 3.16. The Balaban J connectivity index is 1.65. The van der Waals surface area contributed by atoms with Gasteiger partial charge in [0.25, 0.3) is 0 Å². The van der Waals surface area contributed by atoms with E-state index < -0.39 is 11.9 Å². The second-order valence-electron chi connectivity index (χ2n) is 5.49. The molecule has 0 aliphatic carbocycles. The highest BCUT2D eigenvalue weighted by Crippen LogP contribution is 2.25.